The molecule has 9 heteroatoms. The highest BCUT2D eigenvalue weighted by Crippen LogP contribution is 2.43. The quantitative estimate of drug-likeness (QED) is 0.461. The zero-order valence-corrected chi connectivity index (χ0v) is 20.6. The van der Waals surface area contributed by atoms with Crippen molar-refractivity contribution in [1.29, 1.82) is 0 Å². The first kappa shape index (κ1) is 23.4. The summed E-state index contributed by atoms with van der Waals surface area (Å²) in [5.41, 5.74) is 2.04. The Morgan fingerprint density at radius 2 is 1.97 bits per heavy atom. The third kappa shape index (κ3) is 4.92. The Kier molecular flexibility index (Phi) is 6.79. The predicted octanol–water partition coefficient (Wildman–Crippen LogP) is 5.00. The number of rotatable bonds is 7. The average Bonchev–Trinajstić information content (AvgIpc) is 3.61. The number of thiophene rings is 1. The van der Waals surface area contributed by atoms with Crippen LogP contribution in [0.5, 0.6) is 11.5 Å². The maximum absolute atomic E-state index is 12.8. The molecule has 184 valence electrons. The molecule has 0 bridgehead atoms. The molecule has 35 heavy (non-hydrogen) atoms. The van der Waals surface area contributed by atoms with Crippen molar-refractivity contribution in [3.8, 4) is 11.5 Å². The van der Waals surface area contributed by atoms with Crippen molar-refractivity contribution in [3.63, 3.8) is 0 Å². The third-order valence-corrected chi connectivity index (χ3v) is 7.36. The minimum atomic E-state index is -0.288. The number of furan rings is 1. The third-order valence-electron chi connectivity index (χ3n) is 6.38. The molecule has 0 spiro atoms. The number of amides is 1. The van der Waals surface area contributed by atoms with Gasteiger partial charge >= 0.3 is 5.97 Å². The molecule has 8 nitrogen and oxygen atoms in total. The monoisotopic (exact) mass is 496 g/mol. The topological polar surface area (TPSA) is 90.2 Å². The Balaban J connectivity index is 1.47. The van der Waals surface area contributed by atoms with Crippen LogP contribution < -0.4 is 14.8 Å². The van der Waals surface area contributed by atoms with Crippen molar-refractivity contribution in [3.05, 3.63) is 64.4 Å². The number of carbonyl (C=O) groups is 2. The summed E-state index contributed by atoms with van der Waals surface area (Å²) in [6.45, 7) is 5.91. The molecule has 3 aromatic rings. The van der Waals surface area contributed by atoms with Crippen LogP contribution >= 0.6 is 11.3 Å². The van der Waals surface area contributed by atoms with Gasteiger partial charge < -0.3 is 23.9 Å². The second-order valence-electron chi connectivity index (χ2n) is 8.65. The molecular formula is C26H28N2O6S. The van der Waals surface area contributed by atoms with Gasteiger partial charge in [0.1, 0.15) is 5.00 Å². The Hall–Kier alpha value is -3.30. The Bertz CT molecular complexity index is 1200. The standard InChI is InChI=1S/C26H28N2O6S/c1-3-31-26(30)17-8-10-28(11-9-17)23(18-6-7-20-22(14-18)34-15-33-20)19-13-16(2)35-25(19)27-24(29)21-5-4-12-32-21/h4-7,12-14,17,23H,3,8-11,15H2,1-2H3,(H,27,29)/t23-/m0/s1. The SMILES string of the molecule is CCOC(=O)C1CCN([C@@H](c2ccc3c(c2)OCO3)c2cc(C)sc2NC(=O)c2ccco2)CC1. The lowest BCUT2D eigenvalue weighted by Gasteiger charge is -2.37. The molecule has 1 N–H and O–H groups in total. The predicted molar refractivity (Wildman–Crippen MR) is 131 cm³/mol. The summed E-state index contributed by atoms with van der Waals surface area (Å²) in [7, 11) is 0. The van der Waals surface area contributed by atoms with E-state index in [0.717, 1.165) is 52.7 Å². The lowest BCUT2D eigenvalue weighted by Crippen LogP contribution is -2.39. The first-order chi connectivity index (χ1) is 17.0. The second kappa shape index (κ2) is 10.1. The number of hydrogen-bond acceptors (Lipinski definition) is 8. The van der Waals surface area contributed by atoms with E-state index in [2.05, 4.69) is 16.3 Å². The van der Waals surface area contributed by atoms with Gasteiger partial charge in [0.05, 0.1) is 24.8 Å². The summed E-state index contributed by atoms with van der Waals surface area (Å²) < 4.78 is 21.7. The Labute approximate surface area is 207 Å². The largest absolute Gasteiger partial charge is 0.466 e. The number of likely N-dealkylation sites (tertiary alicyclic amines) is 1. The number of aryl methyl sites for hydroxylation is 1. The molecular weight excluding hydrogens is 468 g/mol. The van der Waals surface area contributed by atoms with Crippen LogP contribution in [0.1, 0.15) is 52.4 Å². The fraction of sp³-hybridized carbons (Fsp3) is 0.385. The van der Waals surface area contributed by atoms with E-state index in [4.69, 9.17) is 18.6 Å². The van der Waals surface area contributed by atoms with Gasteiger partial charge in [-0.05, 0) is 75.7 Å². The van der Waals surface area contributed by atoms with Crippen LogP contribution in [0.2, 0.25) is 0 Å². The van der Waals surface area contributed by atoms with E-state index >= 15 is 0 Å². The van der Waals surface area contributed by atoms with Crippen LogP contribution in [0, 0.1) is 12.8 Å². The van der Waals surface area contributed by atoms with Crippen molar-refractivity contribution >= 4 is 28.2 Å². The summed E-state index contributed by atoms with van der Waals surface area (Å²) in [5.74, 6) is 1.19. The molecule has 1 atom stereocenters. The van der Waals surface area contributed by atoms with Crippen molar-refractivity contribution in [2.75, 3.05) is 31.8 Å². The van der Waals surface area contributed by atoms with E-state index in [0.29, 0.717) is 12.4 Å². The molecule has 4 heterocycles. The van der Waals surface area contributed by atoms with Gasteiger partial charge in [-0.25, -0.2) is 0 Å². The highest BCUT2D eigenvalue weighted by atomic mass is 32.1. The minimum Gasteiger partial charge on any atom is -0.466 e. The Morgan fingerprint density at radius 1 is 1.17 bits per heavy atom. The molecule has 0 unspecified atom stereocenters. The van der Waals surface area contributed by atoms with Crippen LogP contribution in [0.25, 0.3) is 0 Å². The number of hydrogen-bond donors (Lipinski definition) is 1. The number of fused-ring (bicyclic) bond motifs is 1. The number of esters is 1. The summed E-state index contributed by atoms with van der Waals surface area (Å²) in [4.78, 5) is 28.6. The van der Waals surface area contributed by atoms with Crippen molar-refractivity contribution in [2.24, 2.45) is 5.92 Å². The highest BCUT2D eigenvalue weighted by Gasteiger charge is 2.34. The van der Waals surface area contributed by atoms with E-state index in [-0.39, 0.29) is 36.4 Å². The number of benzene rings is 1. The van der Waals surface area contributed by atoms with Gasteiger partial charge in [0.2, 0.25) is 6.79 Å². The van der Waals surface area contributed by atoms with E-state index in [9.17, 15) is 9.59 Å². The molecule has 5 rings (SSSR count). The first-order valence-corrected chi connectivity index (χ1v) is 12.6. The number of piperidine rings is 1. The molecule has 0 saturated carbocycles. The van der Waals surface area contributed by atoms with E-state index in [1.807, 2.05) is 32.0 Å². The fourth-order valence-corrected chi connectivity index (χ4v) is 5.67. The molecule has 2 aliphatic heterocycles. The van der Waals surface area contributed by atoms with Crippen LogP contribution in [-0.4, -0.2) is 43.3 Å². The minimum absolute atomic E-state index is 0.0917. The van der Waals surface area contributed by atoms with Gasteiger partial charge in [0.25, 0.3) is 5.91 Å². The van der Waals surface area contributed by atoms with Gasteiger partial charge in [-0.2, -0.15) is 0 Å². The van der Waals surface area contributed by atoms with Gasteiger partial charge in [-0.15, -0.1) is 11.3 Å². The lowest BCUT2D eigenvalue weighted by molar-refractivity contribution is -0.149. The maximum Gasteiger partial charge on any atom is 0.309 e. The van der Waals surface area contributed by atoms with Crippen LogP contribution in [0.4, 0.5) is 5.00 Å². The smallest absolute Gasteiger partial charge is 0.309 e. The van der Waals surface area contributed by atoms with E-state index < -0.39 is 0 Å². The van der Waals surface area contributed by atoms with Crippen molar-refractivity contribution in [2.45, 2.75) is 32.7 Å². The number of ether oxygens (including phenoxy) is 3. The molecule has 1 amide bonds. The first-order valence-electron chi connectivity index (χ1n) is 11.8. The van der Waals surface area contributed by atoms with Gasteiger partial charge in [0.15, 0.2) is 17.3 Å². The van der Waals surface area contributed by atoms with Crippen LogP contribution in [0.3, 0.4) is 0 Å². The van der Waals surface area contributed by atoms with Crippen LogP contribution in [0.15, 0.2) is 47.1 Å². The molecule has 0 aliphatic carbocycles. The summed E-state index contributed by atoms with van der Waals surface area (Å²) >= 11 is 1.53. The number of anilines is 1. The number of nitrogens with zero attached hydrogens (tertiary/aromatic N) is 1. The molecule has 1 saturated heterocycles. The maximum atomic E-state index is 12.8. The summed E-state index contributed by atoms with van der Waals surface area (Å²) in [6.07, 6.45) is 2.92. The summed E-state index contributed by atoms with van der Waals surface area (Å²) in [6, 6.07) is 11.3. The molecule has 2 aromatic heterocycles. The van der Waals surface area contributed by atoms with Gasteiger partial charge in [-0.1, -0.05) is 6.07 Å². The molecule has 0 radical (unpaired) electrons. The summed E-state index contributed by atoms with van der Waals surface area (Å²) in [5, 5.41) is 3.83. The number of nitrogens with one attached hydrogen (secondary N) is 1. The van der Waals surface area contributed by atoms with E-state index in [1.54, 1.807) is 12.1 Å². The second-order valence-corrected chi connectivity index (χ2v) is 9.91. The van der Waals surface area contributed by atoms with E-state index in [1.165, 1.54) is 17.6 Å². The molecule has 2 aliphatic rings. The van der Waals surface area contributed by atoms with Crippen molar-refractivity contribution in [1.82, 2.24) is 4.90 Å². The van der Waals surface area contributed by atoms with Gasteiger partial charge in [0, 0.05) is 10.4 Å². The zero-order chi connectivity index (χ0) is 24.4. The zero-order valence-electron chi connectivity index (χ0n) is 19.7. The highest BCUT2D eigenvalue weighted by molar-refractivity contribution is 7.16. The van der Waals surface area contributed by atoms with Crippen molar-refractivity contribution < 1.29 is 28.2 Å². The molecule has 1 aromatic carbocycles. The Morgan fingerprint density at radius 3 is 2.71 bits per heavy atom. The van der Waals surface area contributed by atoms with Crippen LogP contribution in [-0.2, 0) is 9.53 Å². The lowest BCUT2D eigenvalue weighted by atomic mass is 9.91. The fourth-order valence-electron chi connectivity index (χ4n) is 4.73. The number of carbonyl (C=O) groups excluding carboxylic acids is 2. The molecule has 1 fully saturated rings. The normalized spacial score (nSPS) is 16.7. The average molecular weight is 497 g/mol. The van der Waals surface area contributed by atoms with Gasteiger partial charge in [-0.3, -0.25) is 14.5 Å².